The lowest BCUT2D eigenvalue weighted by atomic mass is 10.4. The zero-order chi connectivity index (χ0) is 11.9. The summed E-state index contributed by atoms with van der Waals surface area (Å²) in [7, 11) is 1.71. The van der Waals surface area contributed by atoms with Crippen molar-refractivity contribution in [3.8, 4) is 0 Å². The summed E-state index contributed by atoms with van der Waals surface area (Å²) in [5, 5.41) is 7.59. The van der Waals surface area contributed by atoms with Gasteiger partial charge in [0.25, 0.3) is 0 Å². The van der Waals surface area contributed by atoms with Crippen molar-refractivity contribution in [3.05, 3.63) is 36.4 Å². The van der Waals surface area contributed by atoms with Gasteiger partial charge in [0, 0.05) is 32.5 Å². The molecule has 2 heterocycles. The number of furan rings is 1. The first-order valence-electron chi connectivity index (χ1n) is 5.67. The van der Waals surface area contributed by atoms with E-state index in [4.69, 9.17) is 9.15 Å². The molecule has 5 nitrogen and oxygen atoms in total. The first-order chi connectivity index (χ1) is 8.38. The maximum absolute atomic E-state index is 5.23. The van der Waals surface area contributed by atoms with Gasteiger partial charge in [0.1, 0.15) is 11.6 Å². The molecule has 0 bridgehead atoms. The molecule has 0 amide bonds. The molecule has 1 N–H and O–H groups in total. The predicted octanol–water partition coefficient (Wildman–Crippen LogP) is 2.12. The molecule has 0 spiro atoms. The van der Waals surface area contributed by atoms with Crippen molar-refractivity contribution in [1.29, 1.82) is 0 Å². The first-order valence-corrected chi connectivity index (χ1v) is 5.67. The fourth-order valence-electron chi connectivity index (χ4n) is 1.54. The van der Waals surface area contributed by atoms with Crippen molar-refractivity contribution in [3.63, 3.8) is 0 Å². The number of anilines is 1. The van der Waals surface area contributed by atoms with Gasteiger partial charge in [-0.15, -0.1) is 0 Å². The number of rotatable bonds is 7. The van der Waals surface area contributed by atoms with Crippen LogP contribution in [-0.4, -0.2) is 23.5 Å². The van der Waals surface area contributed by atoms with Gasteiger partial charge in [0.2, 0.25) is 0 Å². The Kier molecular flexibility index (Phi) is 4.21. The first kappa shape index (κ1) is 11.7. The van der Waals surface area contributed by atoms with E-state index < -0.39 is 0 Å². The molecule has 2 rings (SSSR count). The van der Waals surface area contributed by atoms with Crippen LogP contribution in [0.2, 0.25) is 0 Å². The second-order valence-electron chi connectivity index (χ2n) is 3.74. The van der Waals surface area contributed by atoms with Crippen LogP contribution >= 0.6 is 0 Å². The lowest BCUT2D eigenvalue weighted by Gasteiger charge is -2.01. The van der Waals surface area contributed by atoms with Gasteiger partial charge >= 0.3 is 0 Å². The van der Waals surface area contributed by atoms with Crippen molar-refractivity contribution >= 4 is 5.82 Å². The van der Waals surface area contributed by atoms with Gasteiger partial charge in [0.15, 0.2) is 0 Å². The Morgan fingerprint density at radius 2 is 2.41 bits per heavy atom. The molecule has 0 aromatic carbocycles. The van der Waals surface area contributed by atoms with E-state index in [1.165, 1.54) is 0 Å². The van der Waals surface area contributed by atoms with Gasteiger partial charge < -0.3 is 14.5 Å². The maximum atomic E-state index is 5.23. The number of hydrogen-bond donors (Lipinski definition) is 1. The summed E-state index contributed by atoms with van der Waals surface area (Å²) in [5.41, 5.74) is 0. The maximum Gasteiger partial charge on any atom is 0.148 e. The predicted molar refractivity (Wildman–Crippen MR) is 64.8 cm³/mol. The third kappa shape index (κ3) is 3.64. The average Bonchev–Trinajstić information content (AvgIpc) is 2.98. The zero-order valence-electron chi connectivity index (χ0n) is 9.93. The van der Waals surface area contributed by atoms with Gasteiger partial charge in [-0.1, -0.05) is 0 Å². The van der Waals surface area contributed by atoms with Crippen LogP contribution in [0.25, 0.3) is 0 Å². The molecule has 2 aromatic heterocycles. The molecule has 0 aliphatic heterocycles. The van der Waals surface area contributed by atoms with Crippen LogP contribution in [0, 0.1) is 0 Å². The minimum atomic E-state index is 0.655. The second-order valence-corrected chi connectivity index (χ2v) is 3.74. The summed E-state index contributed by atoms with van der Waals surface area (Å²) in [6.07, 6.45) is 4.59. The number of aryl methyl sites for hydroxylation is 1. The van der Waals surface area contributed by atoms with Gasteiger partial charge in [0.05, 0.1) is 12.8 Å². The Bertz CT molecular complexity index is 423. The summed E-state index contributed by atoms with van der Waals surface area (Å²) >= 11 is 0. The Balaban J connectivity index is 1.77. The topological polar surface area (TPSA) is 52.2 Å². The Labute approximate surface area is 100 Å². The molecule has 0 unspecified atom stereocenters. The van der Waals surface area contributed by atoms with Crippen molar-refractivity contribution in [2.45, 2.75) is 19.5 Å². The summed E-state index contributed by atoms with van der Waals surface area (Å²) in [5.74, 6) is 1.76. The van der Waals surface area contributed by atoms with Crippen LogP contribution < -0.4 is 5.32 Å². The highest BCUT2D eigenvalue weighted by Gasteiger charge is 2.00. The molecule has 17 heavy (non-hydrogen) atoms. The molecule has 0 saturated carbocycles. The summed E-state index contributed by atoms with van der Waals surface area (Å²) < 4.78 is 12.1. The third-order valence-corrected chi connectivity index (χ3v) is 2.40. The summed E-state index contributed by atoms with van der Waals surface area (Å²) in [6, 6.07) is 5.76. The number of hydrogen-bond acceptors (Lipinski definition) is 4. The number of nitrogens with one attached hydrogen (secondary N) is 1. The molecule has 0 saturated heterocycles. The van der Waals surface area contributed by atoms with Crippen molar-refractivity contribution in [2.24, 2.45) is 0 Å². The number of aromatic nitrogens is 2. The molecule has 0 atom stereocenters. The molecule has 0 aliphatic carbocycles. The molecule has 0 aliphatic rings. The third-order valence-electron chi connectivity index (χ3n) is 2.40. The fourth-order valence-corrected chi connectivity index (χ4v) is 1.54. The van der Waals surface area contributed by atoms with E-state index in [1.807, 2.05) is 29.1 Å². The summed E-state index contributed by atoms with van der Waals surface area (Å²) in [6.45, 7) is 2.29. The largest absolute Gasteiger partial charge is 0.467 e. The lowest BCUT2D eigenvalue weighted by Crippen LogP contribution is -2.04. The van der Waals surface area contributed by atoms with Gasteiger partial charge in [-0.3, -0.25) is 4.68 Å². The summed E-state index contributed by atoms with van der Waals surface area (Å²) in [4.78, 5) is 0. The van der Waals surface area contributed by atoms with E-state index in [0.29, 0.717) is 6.54 Å². The highest BCUT2D eigenvalue weighted by molar-refractivity contribution is 5.32. The normalized spacial score (nSPS) is 10.6. The number of methoxy groups -OCH3 is 1. The minimum Gasteiger partial charge on any atom is -0.467 e. The van der Waals surface area contributed by atoms with E-state index in [9.17, 15) is 0 Å². The van der Waals surface area contributed by atoms with E-state index in [0.717, 1.165) is 31.2 Å². The quantitative estimate of drug-likeness (QED) is 0.747. The standard InChI is InChI=1S/C12H17N3O2/c1-16-8-3-6-15-7-5-12(14-15)13-10-11-4-2-9-17-11/h2,4-5,7,9H,3,6,8,10H2,1H3,(H,13,14). The highest BCUT2D eigenvalue weighted by atomic mass is 16.5. The van der Waals surface area contributed by atoms with Gasteiger partial charge in [-0.2, -0.15) is 5.10 Å². The molecule has 0 radical (unpaired) electrons. The van der Waals surface area contributed by atoms with Crippen LogP contribution in [0.5, 0.6) is 0 Å². The average molecular weight is 235 g/mol. The Hall–Kier alpha value is -1.75. The van der Waals surface area contributed by atoms with Crippen LogP contribution in [0.1, 0.15) is 12.2 Å². The number of nitrogens with zero attached hydrogens (tertiary/aromatic N) is 2. The zero-order valence-corrected chi connectivity index (χ0v) is 9.93. The Morgan fingerprint density at radius 3 is 3.18 bits per heavy atom. The minimum absolute atomic E-state index is 0.655. The van der Waals surface area contributed by atoms with Crippen molar-refractivity contribution in [1.82, 2.24) is 9.78 Å². The second kappa shape index (κ2) is 6.10. The fraction of sp³-hybridized carbons (Fsp3) is 0.417. The van der Waals surface area contributed by atoms with Crippen molar-refractivity contribution < 1.29 is 9.15 Å². The molecular weight excluding hydrogens is 218 g/mol. The lowest BCUT2D eigenvalue weighted by molar-refractivity contribution is 0.189. The highest BCUT2D eigenvalue weighted by Crippen LogP contribution is 2.07. The van der Waals surface area contributed by atoms with Crippen LogP contribution in [0.4, 0.5) is 5.82 Å². The van der Waals surface area contributed by atoms with E-state index in [2.05, 4.69) is 10.4 Å². The number of ether oxygens (including phenoxy) is 1. The van der Waals surface area contributed by atoms with Gasteiger partial charge in [-0.25, -0.2) is 0 Å². The molecular formula is C12H17N3O2. The SMILES string of the molecule is COCCCn1ccc(NCc2ccco2)n1. The Morgan fingerprint density at radius 1 is 1.47 bits per heavy atom. The molecule has 0 fully saturated rings. The molecule has 5 heteroatoms. The van der Waals surface area contributed by atoms with Crippen LogP contribution in [-0.2, 0) is 17.8 Å². The van der Waals surface area contributed by atoms with Crippen LogP contribution in [0.3, 0.4) is 0 Å². The molecule has 2 aromatic rings. The van der Waals surface area contributed by atoms with Crippen LogP contribution in [0.15, 0.2) is 35.1 Å². The van der Waals surface area contributed by atoms with E-state index >= 15 is 0 Å². The molecule has 92 valence electrons. The monoisotopic (exact) mass is 235 g/mol. The van der Waals surface area contributed by atoms with Crippen molar-refractivity contribution in [2.75, 3.05) is 19.0 Å². The van der Waals surface area contributed by atoms with E-state index in [-0.39, 0.29) is 0 Å². The smallest absolute Gasteiger partial charge is 0.148 e. The van der Waals surface area contributed by atoms with Gasteiger partial charge in [-0.05, 0) is 18.6 Å². The van der Waals surface area contributed by atoms with E-state index in [1.54, 1.807) is 13.4 Å².